The van der Waals surface area contributed by atoms with Crippen molar-refractivity contribution in [1.82, 2.24) is 10.3 Å². The Morgan fingerprint density at radius 1 is 1.14 bits per heavy atom. The van der Waals surface area contributed by atoms with Crippen molar-refractivity contribution in [3.8, 4) is 16.9 Å². The van der Waals surface area contributed by atoms with Crippen LogP contribution in [0.4, 0.5) is 0 Å². The van der Waals surface area contributed by atoms with Crippen molar-refractivity contribution in [2.75, 3.05) is 6.54 Å². The molecule has 2 aromatic rings. The van der Waals surface area contributed by atoms with E-state index in [1.807, 2.05) is 12.1 Å². The van der Waals surface area contributed by atoms with Gasteiger partial charge in [0.05, 0.1) is 0 Å². The largest absolute Gasteiger partial charge is 0.508 e. The third-order valence-electron chi connectivity index (χ3n) is 4.28. The van der Waals surface area contributed by atoms with Crippen LogP contribution in [0.3, 0.4) is 0 Å². The van der Waals surface area contributed by atoms with Gasteiger partial charge in [0.25, 0.3) is 0 Å². The van der Waals surface area contributed by atoms with Gasteiger partial charge in [-0.05, 0) is 67.1 Å². The van der Waals surface area contributed by atoms with Gasteiger partial charge >= 0.3 is 0 Å². The van der Waals surface area contributed by atoms with E-state index in [0.717, 1.165) is 36.1 Å². The molecule has 1 fully saturated rings. The summed E-state index contributed by atoms with van der Waals surface area (Å²) in [6.07, 6.45) is 7.46. The maximum absolute atomic E-state index is 11.4. The number of aromatic amines is 1. The van der Waals surface area contributed by atoms with E-state index in [2.05, 4.69) is 16.4 Å². The number of nitrogens with one attached hydrogen (secondary N) is 2. The van der Waals surface area contributed by atoms with Crippen molar-refractivity contribution in [2.45, 2.75) is 38.1 Å². The molecular weight excluding hydrogens is 276 g/mol. The van der Waals surface area contributed by atoms with Gasteiger partial charge in [-0.1, -0.05) is 12.5 Å². The molecule has 1 aliphatic rings. The molecule has 1 saturated heterocycles. The number of phenols is 1. The van der Waals surface area contributed by atoms with Crippen molar-refractivity contribution in [1.29, 1.82) is 0 Å². The topological polar surface area (TPSA) is 65.1 Å². The lowest BCUT2D eigenvalue weighted by Crippen LogP contribution is -2.34. The minimum absolute atomic E-state index is 0.131. The van der Waals surface area contributed by atoms with Crippen LogP contribution in [0.2, 0.25) is 0 Å². The van der Waals surface area contributed by atoms with Gasteiger partial charge in [-0.2, -0.15) is 0 Å². The van der Waals surface area contributed by atoms with Crippen molar-refractivity contribution in [2.24, 2.45) is 0 Å². The van der Waals surface area contributed by atoms with Crippen molar-refractivity contribution in [3.05, 3.63) is 52.4 Å². The lowest BCUT2D eigenvalue weighted by molar-refractivity contribution is 0.382. The van der Waals surface area contributed by atoms with E-state index in [-0.39, 0.29) is 11.3 Å². The monoisotopic (exact) mass is 298 g/mol. The molecule has 0 saturated carbocycles. The summed E-state index contributed by atoms with van der Waals surface area (Å²) in [5.41, 5.74) is 2.70. The van der Waals surface area contributed by atoms with Crippen molar-refractivity contribution in [3.63, 3.8) is 0 Å². The highest BCUT2D eigenvalue weighted by molar-refractivity contribution is 5.65. The van der Waals surface area contributed by atoms with Crippen LogP contribution in [0, 0.1) is 0 Å². The van der Waals surface area contributed by atoms with Crippen LogP contribution < -0.4 is 10.9 Å². The molecule has 3 N–H and O–H groups in total. The van der Waals surface area contributed by atoms with Crippen molar-refractivity contribution < 1.29 is 5.11 Å². The lowest BCUT2D eigenvalue weighted by Gasteiger charge is -2.23. The first-order valence-corrected chi connectivity index (χ1v) is 7.96. The fourth-order valence-corrected chi connectivity index (χ4v) is 3.12. The number of pyridine rings is 1. The molecule has 3 rings (SSSR count). The number of benzene rings is 1. The summed E-state index contributed by atoms with van der Waals surface area (Å²) in [6, 6.07) is 9.58. The SMILES string of the molecule is O=c1cc(-c2cc(O)cc(CC[C@@H]3CCCCN3)c2)cc[nH]1. The molecule has 2 heterocycles. The average molecular weight is 298 g/mol. The molecule has 22 heavy (non-hydrogen) atoms. The number of aromatic hydroxyl groups is 1. The summed E-state index contributed by atoms with van der Waals surface area (Å²) in [5.74, 6) is 0.254. The van der Waals surface area contributed by atoms with Crippen LogP contribution in [-0.2, 0) is 6.42 Å². The standard InChI is InChI=1S/C18H22N2O2/c21-17-10-13(4-5-16-3-1-2-7-19-16)9-15(11-17)14-6-8-20-18(22)12-14/h6,8-12,16,19,21H,1-5,7H2,(H,20,22)/t16-/m0/s1. The molecule has 0 aliphatic carbocycles. The Balaban J connectivity index is 1.76. The highest BCUT2D eigenvalue weighted by atomic mass is 16.3. The predicted octanol–water partition coefficient (Wildman–Crippen LogP) is 2.82. The van der Waals surface area contributed by atoms with Crippen molar-refractivity contribution >= 4 is 0 Å². The first kappa shape index (κ1) is 14.9. The fourth-order valence-electron chi connectivity index (χ4n) is 3.12. The van der Waals surface area contributed by atoms with Gasteiger partial charge in [-0.25, -0.2) is 0 Å². The van der Waals surface area contributed by atoms with Crippen LogP contribution in [-0.4, -0.2) is 22.7 Å². The van der Waals surface area contributed by atoms with Gasteiger partial charge in [0.15, 0.2) is 0 Å². The molecule has 1 aromatic heterocycles. The van der Waals surface area contributed by atoms with E-state index in [9.17, 15) is 9.90 Å². The highest BCUT2D eigenvalue weighted by Crippen LogP contribution is 2.25. The molecule has 0 amide bonds. The summed E-state index contributed by atoms with van der Waals surface area (Å²) in [7, 11) is 0. The summed E-state index contributed by atoms with van der Waals surface area (Å²) < 4.78 is 0. The second-order valence-electron chi connectivity index (χ2n) is 6.02. The Morgan fingerprint density at radius 3 is 2.82 bits per heavy atom. The number of aryl methyl sites for hydroxylation is 1. The Morgan fingerprint density at radius 2 is 2.05 bits per heavy atom. The van der Waals surface area contributed by atoms with Crippen LogP contribution in [0.5, 0.6) is 5.75 Å². The molecule has 0 radical (unpaired) electrons. The van der Waals surface area contributed by atoms with E-state index in [4.69, 9.17) is 0 Å². The molecule has 1 aliphatic heterocycles. The second-order valence-corrected chi connectivity index (χ2v) is 6.02. The predicted molar refractivity (Wildman–Crippen MR) is 88.1 cm³/mol. The third-order valence-corrected chi connectivity index (χ3v) is 4.28. The van der Waals surface area contributed by atoms with Gasteiger partial charge in [0.1, 0.15) is 5.75 Å². The first-order valence-electron chi connectivity index (χ1n) is 7.96. The number of hydrogen-bond donors (Lipinski definition) is 3. The van der Waals surface area contributed by atoms with Crippen LogP contribution in [0.1, 0.15) is 31.2 Å². The van der Waals surface area contributed by atoms with E-state index < -0.39 is 0 Å². The Labute approximate surface area is 130 Å². The number of H-pyrrole nitrogens is 1. The molecular formula is C18H22N2O2. The number of aromatic nitrogens is 1. The van der Waals surface area contributed by atoms with E-state index >= 15 is 0 Å². The van der Waals surface area contributed by atoms with Gasteiger partial charge in [-0.3, -0.25) is 4.79 Å². The fraction of sp³-hybridized carbons (Fsp3) is 0.389. The molecule has 4 heteroatoms. The van der Waals surface area contributed by atoms with E-state index in [1.54, 1.807) is 18.3 Å². The Hall–Kier alpha value is -2.07. The molecule has 1 atom stereocenters. The van der Waals surface area contributed by atoms with Gasteiger partial charge in [0.2, 0.25) is 5.56 Å². The second kappa shape index (κ2) is 6.79. The minimum Gasteiger partial charge on any atom is -0.508 e. The summed E-state index contributed by atoms with van der Waals surface area (Å²) in [5, 5.41) is 13.5. The zero-order chi connectivity index (χ0) is 15.4. The van der Waals surface area contributed by atoms with E-state index in [0.29, 0.717) is 6.04 Å². The third kappa shape index (κ3) is 3.77. The van der Waals surface area contributed by atoms with Gasteiger partial charge in [0, 0.05) is 18.3 Å². The molecule has 116 valence electrons. The van der Waals surface area contributed by atoms with Gasteiger partial charge in [-0.15, -0.1) is 0 Å². The first-order chi connectivity index (χ1) is 10.7. The van der Waals surface area contributed by atoms with Gasteiger partial charge < -0.3 is 15.4 Å². The van der Waals surface area contributed by atoms with Crippen LogP contribution in [0.15, 0.2) is 41.3 Å². The Kier molecular flexibility index (Phi) is 4.59. The number of phenolic OH excluding ortho intramolecular Hbond substituents is 1. The highest BCUT2D eigenvalue weighted by Gasteiger charge is 2.12. The zero-order valence-corrected chi connectivity index (χ0v) is 12.6. The lowest BCUT2D eigenvalue weighted by atomic mass is 9.96. The summed E-state index contributed by atoms with van der Waals surface area (Å²) in [6.45, 7) is 1.11. The smallest absolute Gasteiger partial charge is 0.248 e. The number of piperidine rings is 1. The number of hydrogen-bond acceptors (Lipinski definition) is 3. The molecule has 0 unspecified atom stereocenters. The summed E-state index contributed by atoms with van der Waals surface area (Å²) >= 11 is 0. The minimum atomic E-state index is -0.131. The zero-order valence-electron chi connectivity index (χ0n) is 12.6. The normalized spacial score (nSPS) is 18.3. The maximum atomic E-state index is 11.4. The summed E-state index contributed by atoms with van der Waals surface area (Å²) in [4.78, 5) is 14.1. The molecule has 1 aromatic carbocycles. The van der Waals surface area contributed by atoms with Crippen LogP contribution in [0.25, 0.3) is 11.1 Å². The maximum Gasteiger partial charge on any atom is 0.248 e. The number of rotatable bonds is 4. The van der Waals surface area contributed by atoms with Crippen LogP contribution >= 0.6 is 0 Å². The molecule has 0 spiro atoms. The Bertz CT molecular complexity index is 687. The molecule has 4 nitrogen and oxygen atoms in total. The van der Waals surface area contributed by atoms with E-state index in [1.165, 1.54) is 19.3 Å². The quantitative estimate of drug-likeness (QED) is 0.813. The molecule has 0 bridgehead atoms. The average Bonchev–Trinajstić information content (AvgIpc) is 2.53.